The van der Waals surface area contributed by atoms with Gasteiger partial charge in [-0.05, 0) is 24.6 Å². The van der Waals surface area contributed by atoms with E-state index in [1.54, 1.807) is 17.5 Å². The number of halogens is 1. The van der Waals surface area contributed by atoms with Crippen molar-refractivity contribution in [2.75, 3.05) is 5.32 Å². The number of thiazole rings is 1. The average Bonchev–Trinajstić information content (AvgIpc) is 2.81. The Hall–Kier alpha value is -1.43. The number of hydrogen-bond acceptors (Lipinski definition) is 4. The van der Waals surface area contributed by atoms with Crippen molar-refractivity contribution in [3.8, 4) is 0 Å². The highest BCUT2D eigenvalue weighted by Gasteiger charge is 2.08. The Morgan fingerprint density at radius 2 is 2.32 bits per heavy atom. The maximum atomic E-state index is 11.8. The van der Waals surface area contributed by atoms with E-state index < -0.39 is 0 Å². The predicted molar refractivity (Wildman–Crippen MR) is 76.6 cm³/mol. The molecular weight excluding hydrogens is 284 g/mol. The Balaban J connectivity index is 1.98. The number of amides is 1. The summed E-state index contributed by atoms with van der Waals surface area (Å²) in [5.74, 6) is -0.154. The van der Waals surface area contributed by atoms with Crippen LogP contribution in [0.25, 0.3) is 0 Å². The Morgan fingerprint density at radius 3 is 2.95 bits per heavy atom. The van der Waals surface area contributed by atoms with Crippen LogP contribution in [0.2, 0.25) is 5.02 Å². The highest BCUT2D eigenvalue weighted by molar-refractivity contribution is 7.09. The van der Waals surface area contributed by atoms with Crippen molar-refractivity contribution in [2.45, 2.75) is 20.0 Å². The quantitative estimate of drug-likeness (QED) is 0.912. The Morgan fingerprint density at radius 1 is 1.53 bits per heavy atom. The van der Waals surface area contributed by atoms with E-state index in [0.717, 1.165) is 5.56 Å². The molecule has 2 N–H and O–H groups in total. The van der Waals surface area contributed by atoms with Gasteiger partial charge in [-0.25, -0.2) is 4.98 Å². The van der Waals surface area contributed by atoms with Crippen LogP contribution < -0.4 is 5.32 Å². The van der Waals surface area contributed by atoms with E-state index in [1.807, 2.05) is 13.0 Å². The number of nitrogens with one attached hydrogen (secondary N) is 1. The number of rotatable bonds is 4. The molecule has 4 nitrogen and oxygen atoms in total. The molecule has 0 saturated carbocycles. The van der Waals surface area contributed by atoms with Crippen LogP contribution in [-0.2, 0) is 17.8 Å². The maximum Gasteiger partial charge on any atom is 0.231 e. The molecule has 0 aliphatic heterocycles. The molecule has 2 rings (SSSR count). The van der Waals surface area contributed by atoms with Gasteiger partial charge in [-0.15, -0.1) is 11.3 Å². The molecule has 0 spiro atoms. The van der Waals surface area contributed by atoms with Gasteiger partial charge < -0.3 is 10.4 Å². The van der Waals surface area contributed by atoms with E-state index in [0.29, 0.717) is 21.4 Å². The monoisotopic (exact) mass is 296 g/mol. The van der Waals surface area contributed by atoms with E-state index in [9.17, 15) is 4.79 Å². The molecule has 2 aromatic rings. The molecule has 19 heavy (non-hydrogen) atoms. The average molecular weight is 297 g/mol. The third-order valence-corrected chi connectivity index (χ3v) is 3.83. The largest absolute Gasteiger partial charge is 0.390 e. The fourth-order valence-electron chi connectivity index (χ4n) is 1.52. The van der Waals surface area contributed by atoms with Crippen molar-refractivity contribution < 1.29 is 9.90 Å². The minimum atomic E-state index is -0.154. The van der Waals surface area contributed by atoms with Crippen LogP contribution in [0, 0.1) is 6.92 Å². The van der Waals surface area contributed by atoms with Gasteiger partial charge in [0.2, 0.25) is 5.91 Å². The summed E-state index contributed by atoms with van der Waals surface area (Å²) in [7, 11) is 0. The zero-order chi connectivity index (χ0) is 13.8. The zero-order valence-corrected chi connectivity index (χ0v) is 11.9. The van der Waals surface area contributed by atoms with E-state index in [2.05, 4.69) is 10.3 Å². The summed E-state index contributed by atoms with van der Waals surface area (Å²) in [6.07, 6.45) is 0.191. The Bertz CT molecular complexity index is 598. The number of anilines is 1. The molecule has 0 fully saturated rings. The van der Waals surface area contributed by atoms with Crippen LogP contribution in [0.1, 0.15) is 16.3 Å². The first-order chi connectivity index (χ1) is 9.08. The number of carbonyl (C=O) groups is 1. The van der Waals surface area contributed by atoms with Crippen LogP contribution >= 0.6 is 22.9 Å². The summed E-state index contributed by atoms with van der Waals surface area (Å²) in [5, 5.41) is 14.7. The highest BCUT2D eigenvalue weighted by atomic mass is 35.5. The van der Waals surface area contributed by atoms with Gasteiger partial charge in [0, 0.05) is 16.1 Å². The van der Waals surface area contributed by atoms with Gasteiger partial charge in [-0.1, -0.05) is 17.7 Å². The molecule has 0 aliphatic carbocycles. The molecule has 0 saturated heterocycles. The minimum Gasteiger partial charge on any atom is -0.390 e. The van der Waals surface area contributed by atoms with Crippen LogP contribution in [0.3, 0.4) is 0 Å². The highest BCUT2D eigenvalue weighted by Crippen LogP contribution is 2.20. The lowest BCUT2D eigenvalue weighted by molar-refractivity contribution is -0.115. The maximum absolute atomic E-state index is 11.8. The molecule has 1 aromatic heterocycles. The van der Waals surface area contributed by atoms with E-state index >= 15 is 0 Å². The summed E-state index contributed by atoms with van der Waals surface area (Å²) in [6, 6.07) is 5.38. The second kappa shape index (κ2) is 6.14. The van der Waals surface area contributed by atoms with Gasteiger partial charge in [-0.2, -0.15) is 0 Å². The second-order valence-corrected chi connectivity index (χ2v) is 5.43. The fraction of sp³-hybridized carbons (Fsp3) is 0.231. The van der Waals surface area contributed by atoms with Crippen LogP contribution in [0.15, 0.2) is 23.6 Å². The number of benzene rings is 1. The molecule has 6 heteroatoms. The standard InChI is InChI=1S/C13H13ClN2O2S/c1-8-2-3-9(4-11(8)14)15-12(18)5-13-16-10(6-17)7-19-13/h2-4,7,17H,5-6H2,1H3,(H,15,18). The van der Waals surface area contributed by atoms with Gasteiger partial charge in [0.1, 0.15) is 5.01 Å². The second-order valence-electron chi connectivity index (χ2n) is 4.08. The number of aryl methyl sites for hydroxylation is 1. The van der Waals surface area contributed by atoms with Gasteiger partial charge in [0.15, 0.2) is 0 Å². The first kappa shape index (κ1) is 14.0. The normalized spacial score (nSPS) is 10.5. The van der Waals surface area contributed by atoms with Crippen molar-refractivity contribution in [3.05, 3.63) is 44.9 Å². The molecule has 1 aromatic carbocycles. The summed E-state index contributed by atoms with van der Waals surface area (Å²) < 4.78 is 0. The molecular formula is C13H13ClN2O2S. The first-order valence-electron chi connectivity index (χ1n) is 5.68. The van der Waals surface area contributed by atoms with Crippen LogP contribution in [0.5, 0.6) is 0 Å². The molecule has 1 amide bonds. The Labute approximate surface area is 120 Å². The van der Waals surface area contributed by atoms with Crippen molar-refractivity contribution in [2.24, 2.45) is 0 Å². The van der Waals surface area contributed by atoms with Crippen LogP contribution in [0.4, 0.5) is 5.69 Å². The lowest BCUT2D eigenvalue weighted by Crippen LogP contribution is -2.14. The molecule has 0 bridgehead atoms. The summed E-state index contributed by atoms with van der Waals surface area (Å²) in [6.45, 7) is 1.80. The zero-order valence-electron chi connectivity index (χ0n) is 10.3. The van der Waals surface area contributed by atoms with Crippen molar-refractivity contribution in [1.29, 1.82) is 0 Å². The van der Waals surface area contributed by atoms with E-state index in [-0.39, 0.29) is 18.9 Å². The fourth-order valence-corrected chi connectivity index (χ4v) is 2.48. The smallest absolute Gasteiger partial charge is 0.231 e. The molecule has 0 aliphatic rings. The summed E-state index contributed by atoms with van der Waals surface area (Å²) in [4.78, 5) is 15.9. The van der Waals surface area contributed by atoms with Crippen molar-refractivity contribution in [1.82, 2.24) is 4.98 Å². The number of aliphatic hydroxyl groups is 1. The van der Waals surface area contributed by atoms with Gasteiger partial charge in [-0.3, -0.25) is 4.79 Å². The number of aliphatic hydroxyl groups excluding tert-OH is 1. The van der Waals surface area contributed by atoms with Gasteiger partial charge in [0.25, 0.3) is 0 Å². The molecule has 0 unspecified atom stereocenters. The van der Waals surface area contributed by atoms with E-state index in [1.165, 1.54) is 11.3 Å². The minimum absolute atomic E-state index is 0.105. The first-order valence-corrected chi connectivity index (χ1v) is 6.94. The van der Waals surface area contributed by atoms with Crippen molar-refractivity contribution in [3.63, 3.8) is 0 Å². The summed E-state index contributed by atoms with van der Waals surface area (Å²) in [5.41, 5.74) is 2.22. The van der Waals surface area contributed by atoms with Gasteiger partial charge >= 0.3 is 0 Å². The molecule has 100 valence electrons. The SMILES string of the molecule is Cc1ccc(NC(=O)Cc2nc(CO)cs2)cc1Cl. The van der Waals surface area contributed by atoms with E-state index in [4.69, 9.17) is 16.7 Å². The lowest BCUT2D eigenvalue weighted by Gasteiger charge is -2.05. The van der Waals surface area contributed by atoms with Crippen LogP contribution in [-0.4, -0.2) is 16.0 Å². The number of hydrogen-bond donors (Lipinski definition) is 2. The van der Waals surface area contributed by atoms with Gasteiger partial charge in [0.05, 0.1) is 18.7 Å². The third-order valence-electron chi connectivity index (χ3n) is 2.53. The third kappa shape index (κ3) is 3.76. The molecule has 1 heterocycles. The number of aromatic nitrogens is 1. The molecule has 0 atom stereocenters. The Kier molecular flexibility index (Phi) is 4.52. The number of carbonyl (C=O) groups excluding carboxylic acids is 1. The molecule has 0 radical (unpaired) electrons. The predicted octanol–water partition coefficient (Wildman–Crippen LogP) is 2.78. The summed E-state index contributed by atoms with van der Waals surface area (Å²) >= 11 is 7.35. The number of nitrogens with zero attached hydrogens (tertiary/aromatic N) is 1. The topological polar surface area (TPSA) is 62.2 Å². The van der Waals surface area contributed by atoms with Crippen molar-refractivity contribution >= 4 is 34.5 Å². The lowest BCUT2D eigenvalue weighted by atomic mass is 10.2.